The Labute approximate surface area is 143 Å². The number of hydrogen-bond donors (Lipinski definition) is 1. The maximum Gasteiger partial charge on any atom is 0.133 e. The van der Waals surface area contributed by atoms with E-state index < -0.39 is 0 Å². The molecule has 0 aromatic heterocycles. The second-order valence-electron chi connectivity index (χ2n) is 5.03. The van der Waals surface area contributed by atoms with Crippen molar-refractivity contribution in [2.24, 2.45) is 0 Å². The normalized spacial score (nSPS) is 13.8. The molecule has 0 saturated carbocycles. The fourth-order valence-electron chi connectivity index (χ4n) is 2.34. The highest BCUT2D eigenvalue weighted by molar-refractivity contribution is 9.10. The summed E-state index contributed by atoms with van der Waals surface area (Å²) in [6.07, 6.45) is 0. The Morgan fingerprint density at radius 3 is 2.29 bits per heavy atom. The van der Waals surface area contributed by atoms with E-state index in [1.165, 1.54) is 11.1 Å². The van der Waals surface area contributed by atoms with Crippen LogP contribution in [0.1, 0.15) is 37.1 Å². The van der Waals surface area contributed by atoms with Crippen LogP contribution in [0.15, 0.2) is 51.4 Å². The summed E-state index contributed by atoms with van der Waals surface area (Å²) >= 11 is 7.15. The van der Waals surface area contributed by atoms with Gasteiger partial charge < -0.3 is 10.1 Å². The summed E-state index contributed by atoms with van der Waals surface area (Å²) in [5.41, 5.74) is 2.48. The summed E-state index contributed by atoms with van der Waals surface area (Å²) in [5.74, 6) is 0.852. The SMILES string of the molecule is COc1ccc(C(C)NC(C)c2ccccc2Br)cc1Br. The number of benzene rings is 2. The third kappa shape index (κ3) is 4.09. The van der Waals surface area contributed by atoms with Crippen molar-refractivity contribution in [1.29, 1.82) is 0 Å². The molecule has 0 aliphatic heterocycles. The number of ether oxygens (including phenoxy) is 1. The molecule has 0 radical (unpaired) electrons. The summed E-state index contributed by atoms with van der Waals surface area (Å²) in [7, 11) is 1.68. The molecule has 0 fully saturated rings. The molecule has 21 heavy (non-hydrogen) atoms. The molecule has 0 aliphatic carbocycles. The minimum Gasteiger partial charge on any atom is -0.496 e. The first-order chi connectivity index (χ1) is 10.0. The Balaban J connectivity index is 2.12. The van der Waals surface area contributed by atoms with Crippen LogP contribution >= 0.6 is 31.9 Å². The van der Waals surface area contributed by atoms with Gasteiger partial charge in [0.1, 0.15) is 5.75 Å². The van der Waals surface area contributed by atoms with Gasteiger partial charge in [-0.05, 0) is 59.1 Å². The van der Waals surface area contributed by atoms with E-state index in [0.29, 0.717) is 0 Å². The zero-order valence-corrected chi connectivity index (χ0v) is 15.5. The fraction of sp³-hybridized carbons (Fsp3) is 0.294. The van der Waals surface area contributed by atoms with Gasteiger partial charge in [0.05, 0.1) is 11.6 Å². The van der Waals surface area contributed by atoms with Crippen LogP contribution in [0.5, 0.6) is 5.75 Å². The van der Waals surface area contributed by atoms with Gasteiger partial charge in [-0.1, -0.05) is 40.2 Å². The monoisotopic (exact) mass is 411 g/mol. The zero-order chi connectivity index (χ0) is 15.4. The molecule has 2 atom stereocenters. The van der Waals surface area contributed by atoms with Crippen LogP contribution in [0.4, 0.5) is 0 Å². The fourth-order valence-corrected chi connectivity index (χ4v) is 3.53. The van der Waals surface area contributed by atoms with Crippen molar-refractivity contribution in [2.75, 3.05) is 7.11 Å². The van der Waals surface area contributed by atoms with E-state index in [9.17, 15) is 0 Å². The lowest BCUT2D eigenvalue weighted by atomic mass is 10.0. The van der Waals surface area contributed by atoms with Gasteiger partial charge in [-0.2, -0.15) is 0 Å². The molecular weight excluding hydrogens is 394 g/mol. The number of halogens is 2. The second kappa shape index (κ2) is 7.43. The predicted molar refractivity (Wildman–Crippen MR) is 94.8 cm³/mol. The van der Waals surface area contributed by atoms with Crippen molar-refractivity contribution in [3.63, 3.8) is 0 Å². The average molecular weight is 413 g/mol. The van der Waals surface area contributed by atoms with Gasteiger partial charge in [-0.25, -0.2) is 0 Å². The molecule has 0 spiro atoms. The maximum absolute atomic E-state index is 5.27. The molecule has 2 unspecified atom stereocenters. The molecule has 2 nitrogen and oxygen atoms in total. The quantitative estimate of drug-likeness (QED) is 0.686. The molecule has 1 N–H and O–H groups in total. The van der Waals surface area contributed by atoms with Gasteiger partial charge in [0, 0.05) is 16.6 Å². The molecule has 0 saturated heterocycles. The van der Waals surface area contributed by atoms with Gasteiger partial charge in [-0.3, -0.25) is 0 Å². The summed E-state index contributed by atoms with van der Waals surface area (Å²) in [6, 6.07) is 15.0. The van der Waals surface area contributed by atoms with Crippen molar-refractivity contribution in [3.8, 4) is 5.75 Å². The Morgan fingerprint density at radius 1 is 0.952 bits per heavy atom. The minimum absolute atomic E-state index is 0.245. The van der Waals surface area contributed by atoms with Gasteiger partial charge >= 0.3 is 0 Å². The highest BCUT2D eigenvalue weighted by atomic mass is 79.9. The molecule has 2 aromatic rings. The predicted octanol–water partition coefficient (Wildman–Crippen LogP) is 5.63. The smallest absolute Gasteiger partial charge is 0.133 e. The molecule has 4 heteroatoms. The second-order valence-corrected chi connectivity index (χ2v) is 6.73. The third-order valence-electron chi connectivity index (χ3n) is 3.55. The highest BCUT2D eigenvalue weighted by Crippen LogP contribution is 2.30. The molecule has 2 aromatic carbocycles. The van der Waals surface area contributed by atoms with Gasteiger partial charge in [-0.15, -0.1) is 0 Å². The Hall–Kier alpha value is -0.840. The largest absolute Gasteiger partial charge is 0.496 e. The van der Waals surface area contributed by atoms with Crippen LogP contribution in [-0.2, 0) is 0 Å². The molecule has 112 valence electrons. The Morgan fingerprint density at radius 2 is 1.67 bits per heavy atom. The van der Waals surface area contributed by atoms with Crippen molar-refractivity contribution in [1.82, 2.24) is 5.32 Å². The van der Waals surface area contributed by atoms with Crippen LogP contribution in [0.2, 0.25) is 0 Å². The zero-order valence-electron chi connectivity index (χ0n) is 12.4. The van der Waals surface area contributed by atoms with E-state index in [2.05, 4.69) is 81.4 Å². The van der Waals surface area contributed by atoms with Crippen LogP contribution in [-0.4, -0.2) is 7.11 Å². The van der Waals surface area contributed by atoms with Crippen LogP contribution in [0.25, 0.3) is 0 Å². The van der Waals surface area contributed by atoms with Crippen molar-refractivity contribution < 1.29 is 4.74 Å². The maximum atomic E-state index is 5.27. The standard InChI is InChI=1S/C17H19Br2NO/c1-11(13-8-9-17(21-3)16(19)10-13)20-12(2)14-6-4-5-7-15(14)18/h4-12,20H,1-3H3. The summed E-state index contributed by atoms with van der Waals surface area (Å²) in [5, 5.41) is 3.63. The number of hydrogen-bond acceptors (Lipinski definition) is 2. The number of nitrogens with one attached hydrogen (secondary N) is 1. The summed E-state index contributed by atoms with van der Waals surface area (Å²) in [4.78, 5) is 0. The topological polar surface area (TPSA) is 21.3 Å². The van der Waals surface area contributed by atoms with Crippen LogP contribution < -0.4 is 10.1 Å². The average Bonchev–Trinajstić information content (AvgIpc) is 2.47. The van der Waals surface area contributed by atoms with Crippen molar-refractivity contribution >= 4 is 31.9 Å². The molecular formula is C17H19Br2NO. The van der Waals surface area contributed by atoms with E-state index in [0.717, 1.165) is 14.7 Å². The number of methoxy groups -OCH3 is 1. The first-order valence-corrected chi connectivity index (χ1v) is 8.45. The lowest BCUT2D eigenvalue weighted by Gasteiger charge is -2.22. The van der Waals surface area contributed by atoms with E-state index in [1.807, 2.05) is 12.1 Å². The molecule has 0 aliphatic rings. The highest BCUT2D eigenvalue weighted by Gasteiger charge is 2.14. The van der Waals surface area contributed by atoms with Gasteiger partial charge in [0.2, 0.25) is 0 Å². The van der Waals surface area contributed by atoms with E-state index in [4.69, 9.17) is 4.74 Å². The molecule has 0 amide bonds. The van der Waals surface area contributed by atoms with Gasteiger partial charge in [0.25, 0.3) is 0 Å². The van der Waals surface area contributed by atoms with Crippen LogP contribution in [0, 0.1) is 0 Å². The molecule has 0 heterocycles. The van der Waals surface area contributed by atoms with Gasteiger partial charge in [0.15, 0.2) is 0 Å². The van der Waals surface area contributed by atoms with Crippen molar-refractivity contribution in [3.05, 3.63) is 62.5 Å². The lowest BCUT2D eigenvalue weighted by molar-refractivity contribution is 0.411. The Bertz CT molecular complexity index is 615. The first-order valence-electron chi connectivity index (χ1n) is 6.87. The lowest BCUT2D eigenvalue weighted by Crippen LogP contribution is -2.22. The summed E-state index contributed by atoms with van der Waals surface area (Å²) in [6.45, 7) is 4.34. The number of rotatable bonds is 5. The van der Waals surface area contributed by atoms with Crippen molar-refractivity contribution in [2.45, 2.75) is 25.9 Å². The Kier molecular flexibility index (Phi) is 5.85. The first kappa shape index (κ1) is 16.5. The summed E-state index contributed by atoms with van der Waals surface area (Å²) < 4.78 is 7.38. The molecule has 2 rings (SSSR count). The van der Waals surface area contributed by atoms with E-state index in [-0.39, 0.29) is 12.1 Å². The van der Waals surface area contributed by atoms with Crippen LogP contribution in [0.3, 0.4) is 0 Å². The minimum atomic E-state index is 0.245. The van der Waals surface area contributed by atoms with E-state index in [1.54, 1.807) is 7.11 Å². The van der Waals surface area contributed by atoms with E-state index >= 15 is 0 Å². The third-order valence-corrected chi connectivity index (χ3v) is 4.89. The molecule has 0 bridgehead atoms.